The normalized spacial score (nSPS) is 18.7. The molecule has 1 saturated carbocycles. The Morgan fingerprint density at radius 1 is 1.24 bits per heavy atom. The first-order chi connectivity index (χ1) is 10.2. The molecule has 5 heteroatoms. The van der Waals surface area contributed by atoms with Gasteiger partial charge in [-0.05, 0) is 42.9 Å². The molecule has 1 aliphatic heterocycles. The van der Waals surface area contributed by atoms with Crippen LogP contribution < -0.4 is 14.8 Å². The van der Waals surface area contributed by atoms with Gasteiger partial charge < -0.3 is 19.9 Å². The number of rotatable bonds is 5. The van der Waals surface area contributed by atoms with Gasteiger partial charge in [0.05, 0.1) is 13.2 Å². The highest BCUT2D eigenvalue weighted by molar-refractivity contribution is 5.94. The Bertz CT molecular complexity index is 525. The first-order valence-corrected chi connectivity index (χ1v) is 7.51. The second-order valence-electron chi connectivity index (χ2n) is 5.87. The molecule has 1 aliphatic carbocycles. The Balaban J connectivity index is 1.63. The van der Waals surface area contributed by atoms with Gasteiger partial charge in [0.15, 0.2) is 11.5 Å². The highest BCUT2D eigenvalue weighted by Gasteiger charge is 2.41. The summed E-state index contributed by atoms with van der Waals surface area (Å²) in [5.74, 6) is 1.23. The van der Waals surface area contributed by atoms with Gasteiger partial charge in [0.25, 0.3) is 5.91 Å². The van der Waals surface area contributed by atoms with Crippen LogP contribution in [0.5, 0.6) is 11.5 Å². The van der Waals surface area contributed by atoms with E-state index in [0.717, 1.165) is 25.7 Å². The monoisotopic (exact) mass is 291 g/mol. The van der Waals surface area contributed by atoms with Crippen LogP contribution in [0.2, 0.25) is 0 Å². The van der Waals surface area contributed by atoms with Crippen molar-refractivity contribution in [1.29, 1.82) is 0 Å². The Morgan fingerprint density at radius 2 is 2.00 bits per heavy atom. The Morgan fingerprint density at radius 3 is 2.71 bits per heavy atom. The molecule has 1 heterocycles. The van der Waals surface area contributed by atoms with Crippen LogP contribution in [-0.2, 0) is 0 Å². The zero-order chi connectivity index (χ0) is 14.7. The highest BCUT2D eigenvalue weighted by atomic mass is 16.5. The quantitative estimate of drug-likeness (QED) is 0.867. The van der Waals surface area contributed by atoms with Crippen LogP contribution in [0, 0.1) is 5.41 Å². The van der Waals surface area contributed by atoms with Crippen molar-refractivity contribution < 1.29 is 19.4 Å². The number of carbonyl (C=O) groups is 1. The highest BCUT2D eigenvalue weighted by Crippen LogP contribution is 2.47. The topological polar surface area (TPSA) is 67.8 Å². The Kier molecular flexibility index (Phi) is 4.01. The fourth-order valence-corrected chi connectivity index (χ4v) is 2.60. The van der Waals surface area contributed by atoms with Crippen molar-refractivity contribution >= 4 is 5.91 Å². The molecule has 1 amide bonds. The number of aliphatic hydroxyl groups excluding tert-OH is 1. The predicted octanol–water partition coefficient (Wildman–Crippen LogP) is 1.74. The van der Waals surface area contributed by atoms with Gasteiger partial charge in [0.2, 0.25) is 0 Å². The average molecular weight is 291 g/mol. The molecule has 5 nitrogen and oxygen atoms in total. The molecule has 3 rings (SSSR count). The number of nitrogens with one attached hydrogen (secondary N) is 1. The first-order valence-electron chi connectivity index (χ1n) is 7.51. The maximum absolute atomic E-state index is 12.2. The van der Waals surface area contributed by atoms with Gasteiger partial charge in [-0.2, -0.15) is 0 Å². The van der Waals surface area contributed by atoms with E-state index >= 15 is 0 Å². The molecule has 2 N–H and O–H groups in total. The van der Waals surface area contributed by atoms with E-state index < -0.39 is 0 Å². The predicted molar refractivity (Wildman–Crippen MR) is 77.8 cm³/mol. The molecule has 1 aromatic rings. The number of amides is 1. The van der Waals surface area contributed by atoms with E-state index in [1.807, 2.05) is 0 Å². The summed E-state index contributed by atoms with van der Waals surface area (Å²) in [4.78, 5) is 12.2. The molecule has 0 radical (unpaired) electrons. The smallest absolute Gasteiger partial charge is 0.251 e. The van der Waals surface area contributed by atoms with Gasteiger partial charge in [-0.25, -0.2) is 0 Å². The van der Waals surface area contributed by atoms with Gasteiger partial charge in [0.1, 0.15) is 0 Å². The molecule has 1 aromatic carbocycles. The van der Waals surface area contributed by atoms with Crippen molar-refractivity contribution in [2.24, 2.45) is 5.41 Å². The third kappa shape index (κ3) is 3.29. The van der Waals surface area contributed by atoms with Crippen LogP contribution in [0.15, 0.2) is 18.2 Å². The number of ether oxygens (including phenoxy) is 2. The van der Waals surface area contributed by atoms with Crippen molar-refractivity contribution in [3.05, 3.63) is 23.8 Å². The summed E-state index contributed by atoms with van der Waals surface area (Å²) in [6.07, 6.45) is 3.76. The van der Waals surface area contributed by atoms with E-state index in [1.165, 1.54) is 0 Å². The molecule has 114 valence electrons. The number of hydrogen-bond acceptors (Lipinski definition) is 4. The summed E-state index contributed by atoms with van der Waals surface area (Å²) in [7, 11) is 0. The molecule has 1 fully saturated rings. The summed E-state index contributed by atoms with van der Waals surface area (Å²) in [6, 6.07) is 5.28. The minimum absolute atomic E-state index is 0.102. The molecule has 0 spiro atoms. The maximum Gasteiger partial charge on any atom is 0.251 e. The molecular weight excluding hydrogens is 270 g/mol. The number of carbonyl (C=O) groups excluding carboxylic acids is 1. The Labute approximate surface area is 124 Å². The van der Waals surface area contributed by atoms with Crippen molar-refractivity contribution in [2.75, 3.05) is 26.4 Å². The third-order valence-electron chi connectivity index (χ3n) is 4.23. The molecule has 0 saturated heterocycles. The maximum atomic E-state index is 12.2. The van der Waals surface area contributed by atoms with E-state index in [9.17, 15) is 4.79 Å². The van der Waals surface area contributed by atoms with E-state index in [-0.39, 0.29) is 17.9 Å². The van der Waals surface area contributed by atoms with Crippen LogP contribution in [-0.4, -0.2) is 37.4 Å². The van der Waals surface area contributed by atoms with Crippen molar-refractivity contribution in [2.45, 2.75) is 25.7 Å². The number of fused-ring (bicyclic) bond motifs is 1. The van der Waals surface area contributed by atoms with Crippen LogP contribution in [0.1, 0.15) is 36.0 Å². The van der Waals surface area contributed by atoms with Crippen molar-refractivity contribution in [3.63, 3.8) is 0 Å². The van der Waals surface area contributed by atoms with Crippen LogP contribution in [0.4, 0.5) is 0 Å². The lowest BCUT2D eigenvalue weighted by atomic mass is 10.0. The van der Waals surface area contributed by atoms with Crippen molar-refractivity contribution in [3.8, 4) is 11.5 Å². The standard InChI is InChI=1S/C16H21NO4/c18-7-6-16(4-5-16)11-17-15(19)12-2-3-13-14(10-12)21-9-1-8-20-13/h2-3,10,18H,1,4-9,11H2,(H,17,19). The van der Waals surface area contributed by atoms with Crippen LogP contribution in [0.25, 0.3) is 0 Å². The second kappa shape index (κ2) is 5.93. The van der Waals surface area contributed by atoms with Gasteiger partial charge in [-0.3, -0.25) is 4.79 Å². The SMILES string of the molecule is O=C(NCC1(CCO)CC1)c1ccc2c(c1)OCCCO2. The summed E-state index contributed by atoms with van der Waals surface area (Å²) in [5, 5.41) is 12.0. The van der Waals surface area contributed by atoms with Gasteiger partial charge in [-0.15, -0.1) is 0 Å². The zero-order valence-corrected chi connectivity index (χ0v) is 12.1. The lowest BCUT2D eigenvalue weighted by Gasteiger charge is -2.15. The molecule has 21 heavy (non-hydrogen) atoms. The summed E-state index contributed by atoms with van der Waals surface area (Å²) >= 11 is 0. The number of benzene rings is 1. The molecule has 0 atom stereocenters. The Hall–Kier alpha value is -1.75. The van der Waals surface area contributed by atoms with E-state index in [2.05, 4.69) is 5.32 Å². The summed E-state index contributed by atoms with van der Waals surface area (Å²) in [6.45, 7) is 2.06. The lowest BCUT2D eigenvalue weighted by Crippen LogP contribution is -2.30. The minimum Gasteiger partial charge on any atom is -0.490 e. The largest absolute Gasteiger partial charge is 0.490 e. The molecule has 2 aliphatic rings. The second-order valence-corrected chi connectivity index (χ2v) is 5.87. The summed E-state index contributed by atoms with van der Waals surface area (Å²) in [5.41, 5.74) is 0.703. The lowest BCUT2D eigenvalue weighted by molar-refractivity contribution is 0.0940. The zero-order valence-electron chi connectivity index (χ0n) is 12.1. The van der Waals surface area contributed by atoms with Crippen LogP contribution in [0.3, 0.4) is 0 Å². The van der Waals surface area contributed by atoms with Gasteiger partial charge >= 0.3 is 0 Å². The fraction of sp³-hybridized carbons (Fsp3) is 0.562. The van der Waals surface area contributed by atoms with Crippen LogP contribution >= 0.6 is 0 Å². The van der Waals surface area contributed by atoms with E-state index in [0.29, 0.717) is 36.8 Å². The molecule has 0 unspecified atom stereocenters. The molecular formula is C16H21NO4. The third-order valence-corrected chi connectivity index (χ3v) is 4.23. The van der Waals surface area contributed by atoms with E-state index in [1.54, 1.807) is 18.2 Å². The van der Waals surface area contributed by atoms with Gasteiger partial charge in [-0.1, -0.05) is 0 Å². The first kappa shape index (κ1) is 14.2. The molecule has 0 aromatic heterocycles. The fourth-order valence-electron chi connectivity index (χ4n) is 2.60. The average Bonchev–Trinajstić information content (AvgIpc) is 3.28. The van der Waals surface area contributed by atoms with E-state index in [4.69, 9.17) is 14.6 Å². The van der Waals surface area contributed by atoms with Gasteiger partial charge in [0, 0.05) is 25.1 Å². The minimum atomic E-state index is -0.102. The number of hydrogen-bond donors (Lipinski definition) is 2. The van der Waals surface area contributed by atoms with Crippen molar-refractivity contribution in [1.82, 2.24) is 5.32 Å². The molecule has 0 bridgehead atoms. The number of aliphatic hydroxyl groups is 1. The summed E-state index contributed by atoms with van der Waals surface area (Å²) < 4.78 is 11.2.